The van der Waals surface area contributed by atoms with Crippen LogP contribution in [0.1, 0.15) is 25.7 Å². The maximum Gasteiger partial charge on any atom is 0.205 e. The molecular weight excluding hydrogens is 218 g/mol. The molecule has 78 valence electrons. The van der Waals surface area contributed by atoms with Gasteiger partial charge in [0.25, 0.3) is 0 Å². The highest BCUT2D eigenvalue weighted by molar-refractivity contribution is 7.09. The average molecular weight is 232 g/mol. The quantitative estimate of drug-likeness (QED) is 0.746. The van der Waals surface area contributed by atoms with E-state index < -0.39 is 0 Å². The fraction of sp³-hybridized carbons (Fsp3) is 0.778. The summed E-state index contributed by atoms with van der Waals surface area (Å²) in [5.41, 5.74) is 0. The highest BCUT2D eigenvalue weighted by Crippen LogP contribution is 2.28. The first kappa shape index (κ1) is 10.2. The van der Waals surface area contributed by atoms with Crippen LogP contribution in [0.15, 0.2) is 6.33 Å². The maximum absolute atomic E-state index is 5.71. The zero-order valence-electron chi connectivity index (χ0n) is 8.03. The molecule has 0 bridgehead atoms. The normalized spacial score (nSPS) is 21.8. The van der Waals surface area contributed by atoms with E-state index in [1.165, 1.54) is 30.8 Å². The Bertz CT molecular complexity index is 265. The van der Waals surface area contributed by atoms with Crippen LogP contribution >= 0.6 is 23.1 Å². The Balaban J connectivity index is 1.97. The second-order valence-corrected chi connectivity index (χ2v) is 4.68. The minimum absolute atomic E-state index is 0.640. The molecule has 3 nitrogen and oxygen atoms in total. The van der Waals surface area contributed by atoms with Gasteiger partial charge in [-0.1, -0.05) is 0 Å². The van der Waals surface area contributed by atoms with Gasteiger partial charge >= 0.3 is 0 Å². The second-order valence-electron chi connectivity index (χ2n) is 3.54. The molecule has 1 aromatic rings. The van der Waals surface area contributed by atoms with Gasteiger partial charge < -0.3 is 4.90 Å². The molecule has 1 atom stereocenters. The highest BCUT2D eigenvalue weighted by atomic mass is 35.5. The summed E-state index contributed by atoms with van der Waals surface area (Å²) in [6.07, 6.45) is 6.46. The third kappa shape index (κ3) is 2.17. The van der Waals surface area contributed by atoms with Crippen molar-refractivity contribution in [2.45, 2.75) is 31.7 Å². The van der Waals surface area contributed by atoms with Crippen LogP contribution in [0.4, 0.5) is 5.13 Å². The first-order chi connectivity index (χ1) is 6.92. The van der Waals surface area contributed by atoms with Crippen LogP contribution in [0.3, 0.4) is 0 Å². The minimum atomic E-state index is 0.640. The Morgan fingerprint density at radius 3 is 3.29 bits per heavy atom. The first-order valence-electron chi connectivity index (χ1n) is 5.01. The van der Waals surface area contributed by atoms with Crippen LogP contribution in [-0.4, -0.2) is 27.8 Å². The molecule has 0 amide bonds. The molecule has 1 aromatic heterocycles. The number of aromatic nitrogens is 2. The SMILES string of the molecule is ClCCCC1CCCN1c1ncns1. The summed E-state index contributed by atoms with van der Waals surface area (Å²) in [4.78, 5) is 6.64. The van der Waals surface area contributed by atoms with Gasteiger partial charge in [-0.05, 0) is 25.7 Å². The molecule has 5 heteroatoms. The largest absolute Gasteiger partial charge is 0.344 e. The Morgan fingerprint density at radius 2 is 2.57 bits per heavy atom. The minimum Gasteiger partial charge on any atom is -0.344 e. The van der Waals surface area contributed by atoms with Gasteiger partial charge in [-0.2, -0.15) is 4.37 Å². The monoisotopic (exact) mass is 231 g/mol. The van der Waals surface area contributed by atoms with Crippen LogP contribution in [0.2, 0.25) is 0 Å². The van der Waals surface area contributed by atoms with Gasteiger partial charge in [0.15, 0.2) is 0 Å². The number of hydrogen-bond acceptors (Lipinski definition) is 4. The van der Waals surface area contributed by atoms with Crippen LogP contribution < -0.4 is 4.90 Å². The second kappa shape index (κ2) is 4.94. The van der Waals surface area contributed by atoms with Crippen LogP contribution in [0, 0.1) is 0 Å². The van der Waals surface area contributed by atoms with Crippen molar-refractivity contribution in [2.75, 3.05) is 17.3 Å². The summed E-state index contributed by atoms with van der Waals surface area (Å²) in [6.45, 7) is 1.13. The lowest BCUT2D eigenvalue weighted by molar-refractivity contribution is 0.601. The zero-order chi connectivity index (χ0) is 9.80. The van der Waals surface area contributed by atoms with Gasteiger partial charge in [-0.15, -0.1) is 11.6 Å². The molecule has 0 N–H and O–H groups in total. The molecule has 0 saturated carbocycles. The van der Waals surface area contributed by atoms with Gasteiger partial charge in [0.1, 0.15) is 6.33 Å². The van der Waals surface area contributed by atoms with Gasteiger partial charge in [0.05, 0.1) is 0 Å². The number of hydrogen-bond donors (Lipinski definition) is 0. The lowest BCUT2D eigenvalue weighted by atomic mass is 10.1. The fourth-order valence-electron chi connectivity index (χ4n) is 1.99. The van der Waals surface area contributed by atoms with E-state index in [0.29, 0.717) is 6.04 Å². The van der Waals surface area contributed by atoms with Crippen LogP contribution in [-0.2, 0) is 0 Å². The Morgan fingerprint density at radius 1 is 1.64 bits per heavy atom. The maximum atomic E-state index is 5.71. The smallest absolute Gasteiger partial charge is 0.205 e. The number of halogens is 1. The van der Waals surface area contributed by atoms with Gasteiger partial charge in [-0.25, -0.2) is 4.98 Å². The third-order valence-corrected chi connectivity index (χ3v) is 3.61. The summed E-state index contributed by atoms with van der Waals surface area (Å²) in [7, 11) is 0. The standard InChI is InChI=1S/C9H14ClN3S/c10-5-1-3-8-4-2-6-13(8)9-11-7-12-14-9/h7-8H,1-6H2. The van der Waals surface area contributed by atoms with Crippen LogP contribution in [0.25, 0.3) is 0 Å². The van der Waals surface area contributed by atoms with E-state index in [4.69, 9.17) is 11.6 Å². The first-order valence-corrected chi connectivity index (χ1v) is 6.32. The van der Waals surface area contributed by atoms with Crippen LogP contribution in [0.5, 0.6) is 0 Å². The molecule has 1 saturated heterocycles. The molecule has 1 aliphatic heterocycles. The van der Waals surface area contributed by atoms with E-state index in [-0.39, 0.29) is 0 Å². The predicted octanol–water partition coefficient (Wildman–Crippen LogP) is 2.53. The summed E-state index contributed by atoms with van der Waals surface area (Å²) in [5.74, 6) is 0.764. The molecule has 0 aliphatic carbocycles. The number of anilines is 1. The molecule has 2 heterocycles. The molecule has 14 heavy (non-hydrogen) atoms. The van der Waals surface area contributed by atoms with E-state index >= 15 is 0 Å². The van der Waals surface area contributed by atoms with E-state index in [2.05, 4.69) is 14.3 Å². The predicted molar refractivity (Wildman–Crippen MR) is 60.2 cm³/mol. The number of rotatable bonds is 4. The number of alkyl halides is 1. The van der Waals surface area contributed by atoms with Crippen molar-refractivity contribution in [1.29, 1.82) is 0 Å². The van der Waals surface area contributed by atoms with E-state index in [9.17, 15) is 0 Å². The highest BCUT2D eigenvalue weighted by Gasteiger charge is 2.25. The van der Waals surface area contributed by atoms with Gasteiger partial charge in [-0.3, -0.25) is 0 Å². The summed E-state index contributed by atoms with van der Waals surface area (Å²) in [5, 5.41) is 1.07. The zero-order valence-corrected chi connectivity index (χ0v) is 9.60. The molecule has 0 aromatic carbocycles. The molecule has 2 rings (SSSR count). The molecule has 0 spiro atoms. The van der Waals surface area contributed by atoms with E-state index in [1.807, 2.05) is 0 Å². The Kier molecular flexibility index (Phi) is 3.59. The van der Waals surface area contributed by atoms with Crippen molar-refractivity contribution in [1.82, 2.24) is 9.36 Å². The van der Waals surface area contributed by atoms with E-state index in [1.54, 1.807) is 6.33 Å². The summed E-state index contributed by atoms with van der Waals surface area (Å²) >= 11 is 7.20. The van der Waals surface area contributed by atoms with Crippen molar-refractivity contribution < 1.29 is 0 Å². The van der Waals surface area contributed by atoms with E-state index in [0.717, 1.165) is 24.0 Å². The lowest BCUT2D eigenvalue weighted by Crippen LogP contribution is -2.28. The van der Waals surface area contributed by atoms with Crippen molar-refractivity contribution in [3.63, 3.8) is 0 Å². The topological polar surface area (TPSA) is 29.0 Å². The molecule has 1 aliphatic rings. The third-order valence-electron chi connectivity index (χ3n) is 2.64. The van der Waals surface area contributed by atoms with Crippen molar-refractivity contribution in [3.8, 4) is 0 Å². The van der Waals surface area contributed by atoms with Gasteiger partial charge in [0, 0.05) is 30.0 Å². The van der Waals surface area contributed by atoms with Crippen molar-refractivity contribution in [3.05, 3.63) is 6.33 Å². The fourth-order valence-corrected chi connectivity index (χ4v) is 2.78. The Labute approximate surface area is 93.3 Å². The van der Waals surface area contributed by atoms with Gasteiger partial charge in [0.2, 0.25) is 5.13 Å². The summed E-state index contributed by atoms with van der Waals surface area (Å²) < 4.78 is 4.04. The van der Waals surface area contributed by atoms with Crippen molar-refractivity contribution in [2.24, 2.45) is 0 Å². The summed E-state index contributed by atoms with van der Waals surface area (Å²) in [6, 6.07) is 0.640. The number of nitrogens with zero attached hydrogens (tertiary/aromatic N) is 3. The molecule has 0 radical (unpaired) electrons. The molecule has 1 fully saturated rings. The average Bonchev–Trinajstić information content (AvgIpc) is 2.84. The van der Waals surface area contributed by atoms with Crippen molar-refractivity contribution >= 4 is 28.3 Å². The lowest BCUT2D eigenvalue weighted by Gasteiger charge is -2.22. The molecular formula is C9H14ClN3S. The Hall–Kier alpha value is -0.350. The molecule has 1 unspecified atom stereocenters.